The first-order valence-corrected chi connectivity index (χ1v) is 7.45. The Bertz CT molecular complexity index is 426. The van der Waals surface area contributed by atoms with Crippen LogP contribution in [0, 0.1) is 5.82 Å². The Kier molecular flexibility index (Phi) is 5.38. The summed E-state index contributed by atoms with van der Waals surface area (Å²) in [5.74, 6) is -0.303. The fourth-order valence-corrected chi connectivity index (χ4v) is 3.19. The maximum absolute atomic E-state index is 13.5. The van der Waals surface area contributed by atoms with Crippen LogP contribution < -0.4 is 5.73 Å². The second-order valence-electron chi connectivity index (χ2n) is 5.65. The van der Waals surface area contributed by atoms with Crippen LogP contribution >= 0.6 is 11.6 Å². The Morgan fingerprint density at radius 3 is 2.60 bits per heavy atom. The van der Waals surface area contributed by atoms with Crippen LogP contribution in [0.3, 0.4) is 0 Å². The third-order valence-electron chi connectivity index (χ3n) is 4.25. The van der Waals surface area contributed by atoms with Crippen molar-refractivity contribution >= 4 is 11.6 Å². The van der Waals surface area contributed by atoms with Gasteiger partial charge in [0.05, 0.1) is 0 Å². The molecule has 1 unspecified atom stereocenters. The molecule has 0 radical (unpaired) electrons. The molecular weight excluding hydrogens is 277 g/mol. The van der Waals surface area contributed by atoms with Gasteiger partial charge in [0.1, 0.15) is 5.82 Å². The Morgan fingerprint density at radius 1 is 1.40 bits per heavy atom. The van der Waals surface area contributed by atoms with E-state index in [-0.39, 0.29) is 11.9 Å². The molecule has 1 fully saturated rings. The lowest BCUT2D eigenvalue weighted by Gasteiger charge is -2.39. The van der Waals surface area contributed by atoms with Crippen molar-refractivity contribution < 1.29 is 4.39 Å². The molecule has 2 N–H and O–H groups in total. The zero-order valence-electron chi connectivity index (χ0n) is 12.1. The largest absolute Gasteiger partial charge is 0.329 e. The number of benzene rings is 1. The Hall–Kier alpha value is -0.680. The fourth-order valence-electron chi connectivity index (χ4n) is 2.96. The van der Waals surface area contributed by atoms with Crippen LogP contribution in [-0.4, -0.2) is 49.6 Å². The maximum Gasteiger partial charge on any atom is 0.125 e. The van der Waals surface area contributed by atoms with Gasteiger partial charge in [-0.25, -0.2) is 4.39 Å². The van der Waals surface area contributed by atoms with Crippen LogP contribution in [0.2, 0.25) is 5.02 Å². The molecule has 0 bridgehead atoms. The summed E-state index contributed by atoms with van der Waals surface area (Å²) in [6.45, 7) is 2.65. The Morgan fingerprint density at radius 2 is 2.05 bits per heavy atom. The maximum atomic E-state index is 13.5. The standard InChI is InChI=1S/C15H23ClFN3/c1-19-5-3-14(4-6-19)20(2)15(10-18)11-7-12(16)9-13(17)8-11/h7-9,14-15H,3-6,10,18H2,1-2H3. The minimum atomic E-state index is -0.303. The summed E-state index contributed by atoms with van der Waals surface area (Å²) in [5, 5.41) is 0.426. The molecule has 1 aromatic rings. The summed E-state index contributed by atoms with van der Waals surface area (Å²) in [4.78, 5) is 4.61. The summed E-state index contributed by atoms with van der Waals surface area (Å²) in [6, 6.07) is 5.18. The highest BCUT2D eigenvalue weighted by molar-refractivity contribution is 6.30. The van der Waals surface area contributed by atoms with Gasteiger partial charge in [-0.2, -0.15) is 0 Å². The zero-order valence-corrected chi connectivity index (χ0v) is 12.9. The average molecular weight is 300 g/mol. The third kappa shape index (κ3) is 3.70. The number of halogens is 2. The number of piperidine rings is 1. The van der Waals surface area contributed by atoms with Crippen LogP contribution in [0.15, 0.2) is 18.2 Å². The normalized spacial score (nSPS) is 19.5. The van der Waals surface area contributed by atoms with Crippen molar-refractivity contribution in [2.45, 2.75) is 24.9 Å². The van der Waals surface area contributed by atoms with E-state index in [1.54, 1.807) is 0 Å². The molecule has 1 aromatic carbocycles. The first kappa shape index (κ1) is 15.7. The predicted octanol–water partition coefficient (Wildman–Crippen LogP) is 2.50. The monoisotopic (exact) mass is 299 g/mol. The van der Waals surface area contributed by atoms with Crippen molar-refractivity contribution in [1.29, 1.82) is 0 Å². The van der Waals surface area contributed by atoms with Crippen LogP contribution in [-0.2, 0) is 0 Å². The number of nitrogens with zero attached hydrogens (tertiary/aromatic N) is 2. The van der Waals surface area contributed by atoms with Gasteiger partial charge in [-0.3, -0.25) is 4.90 Å². The van der Waals surface area contributed by atoms with Crippen LogP contribution in [0.1, 0.15) is 24.4 Å². The van der Waals surface area contributed by atoms with Crippen molar-refractivity contribution in [3.8, 4) is 0 Å². The van der Waals surface area contributed by atoms with Crippen molar-refractivity contribution in [2.75, 3.05) is 33.7 Å². The van der Waals surface area contributed by atoms with Gasteiger partial charge in [0.15, 0.2) is 0 Å². The SMILES string of the molecule is CN1CCC(N(C)C(CN)c2cc(F)cc(Cl)c2)CC1. The average Bonchev–Trinajstić information content (AvgIpc) is 2.39. The molecule has 0 amide bonds. The number of hydrogen-bond acceptors (Lipinski definition) is 3. The first-order valence-electron chi connectivity index (χ1n) is 7.07. The molecule has 2 rings (SSSR count). The van der Waals surface area contributed by atoms with Crippen LogP contribution in [0.5, 0.6) is 0 Å². The number of hydrogen-bond donors (Lipinski definition) is 1. The number of likely N-dealkylation sites (tertiary alicyclic amines) is 1. The molecule has 0 aromatic heterocycles. The van der Waals surface area contributed by atoms with Gasteiger partial charge in [-0.05, 0) is 63.8 Å². The summed E-state index contributed by atoms with van der Waals surface area (Å²) >= 11 is 5.95. The third-order valence-corrected chi connectivity index (χ3v) is 4.47. The van der Waals surface area contributed by atoms with Crippen molar-refractivity contribution in [3.05, 3.63) is 34.6 Å². The van der Waals surface area contributed by atoms with Crippen LogP contribution in [0.4, 0.5) is 4.39 Å². The first-order chi connectivity index (χ1) is 9.51. The molecule has 1 aliphatic heterocycles. The van der Waals surface area contributed by atoms with Crippen LogP contribution in [0.25, 0.3) is 0 Å². The van der Waals surface area contributed by atoms with Gasteiger partial charge in [-0.15, -0.1) is 0 Å². The smallest absolute Gasteiger partial charge is 0.125 e. The van der Waals surface area contributed by atoms with E-state index in [2.05, 4.69) is 23.9 Å². The van der Waals surface area contributed by atoms with Gasteiger partial charge in [0, 0.05) is 23.7 Å². The molecule has 20 heavy (non-hydrogen) atoms. The van der Waals surface area contributed by atoms with E-state index < -0.39 is 0 Å². The molecular formula is C15H23ClFN3. The van der Waals surface area contributed by atoms with Crippen molar-refractivity contribution in [1.82, 2.24) is 9.80 Å². The molecule has 5 heteroatoms. The molecule has 0 aliphatic carbocycles. The van der Waals surface area contributed by atoms with Gasteiger partial charge in [-0.1, -0.05) is 11.6 Å². The van der Waals surface area contributed by atoms with E-state index in [0.29, 0.717) is 17.6 Å². The summed E-state index contributed by atoms with van der Waals surface area (Å²) in [5.41, 5.74) is 6.78. The van der Waals surface area contributed by atoms with E-state index in [1.165, 1.54) is 12.1 Å². The quantitative estimate of drug-likeness (QED) is 0.927. The minimum Gasteiger partial charge on any atom is -0.329 e. The van der Waals surface area contributed by atoms with Crippen molar-refractivity contribution in [2.24, 2.45) is 5.73 Å². The summed E-state index contributed by atoms with van der Waals surface area (Å²) < 4.78 is 13.5. The molecule has 0 spiro atoms. The van der Waals surface area contributed by atoms with E-state index in [4.69, 9.17) is 17.3 Å². The Balaban J connectivity index is 2.14. The second-order valence-corrected chi connectivity index (χ2v) is 6.09. The molecule has 1 aliphatic rings. The molecule has 112 valence electrons. The molecule has 3 nitrogen and oxygen atoms in total. The topological polar surface area (TPSA) is 32.5 Å². The van der Waals surface area contributed by atoms with E-state index in [0.717, 1.165) is 31.5 Å². The number of rotatable bonds is 4. The van der Waals surface area contributed by atoms with Gasteiger partial charge >= 0.3 is 0 Å². The lowest BCUT2D eigenvalue weighted by atomic mass is 9.98. The van der Waals surface area contributed by atoms with Crippen molar-refractivity contribution in [3.63, 3.8) is 0 Å². The fraction of sp³-hybridized carbons (Fsp3) is 0.600. The zero-order chi connectivity index (χ0) is 14.7. The van der Waals surface area contributed by atoms with E-state index >= 15 is 0 Å². The highest BCUT2D eigenvalue weighted by atomic mass is 35.5. The molecule has 1 saturated heterocycles. The lowest BCUT2D eigenvalue weighted by Crippen LogP contribution is -2.45. The highest BCUT2D eigenvalue weighted by Gasteiger charge is 2.26. The van der Waals surface area contributed by atoms with Gasteiger partial charge in [0.25, 0.3) is 0 Å². The molecule has 1 atom stereocenters. The number of likely N-dealkylation sites (N-methyl/N-ethyl adjacent to an activating group) is 1. The number of nitrogens with two attached hydrogens (primary N) is 1. The van der Waals surface area contributed by atoms with E-state index in [9.17, 15) is 4.39 Å². The summed E-state index contributed by atoms with van der Waals surface area (Å²) in [7, 11) is 4.22. The second kappa shape index (κ2) is 6.85. The predicted molar refractivity (Wildman–Crippen MR) is 81.5 cm³/mol. The van der Waals surface area contributed by atoms with Gasteiger partial charge in [0.2, 0.25) is 0 Å². The minimum absolute atomic E-state index is 0.0107. The van der Waals surface area contributed by atoms with Gasteiger partial charge < -0.3 is 10.6 Å². The van der Waals surface area contributed by atoms with E-state index in [1.807, 2.05) is 6.07 Å². The lowest BCUT2D eigenvalue weighted by molar-refractivity contribution is 0.109. The Labute approximate surface area is 125 Å². The molecule has 1 heterocycles. The highest BCUT2D eigenvalue weighted by Crippen LogP contribution is 2.27. The summed E-state index contributed by atoms with van der Waals surface area (Å²) in [6.07, 6.45) is 2.24. The molecule has 0 saturated carbocycles.